The Morgan fingerprint density at radius 3 is 2.60 bits per heavy atom. The van der Waals surface area contributed by atoms with Crippen molar-refractivity contribution >= 4 is 23.2 Å². The van der Waals surface area contributed by atoms with Crippen LogP contribution in [0.15, 0.2) is 12.1 Å². The number of fused-ring (bicyclic) bond motifs is 2. The molecule has 0 saturated carbocycles. The second-order valence-electron chi connectivity index (χ2n) is 6.69. The smallest absolute Gasteiger partial charge is 0.251 e. The first-order valence-electron chi connectivity index (χ1n) is 8.59. The summed E-state index contributed by atoms with van der Waals surface area (Å²) in [6, 6.07) is 3.74. The van der Waals surface area contributed by atoms with Crippen LogP contribution in [0, 0.1) is 0 Å². The highest BCUT2D eigenvalue weighted by Gasteiger charge is 2.45. The molecule has 0 radical (unpaired) electrons. The Bertz CT molecular complexity index is 666. The Hall–Kier alpha value is -1.86. The van der Waals surface area contributed by atoms with Crippen molar-refractivity contribution in [2.24, 2.45) is 0 Å². The molecule has 2 fully saturated rings. The molecule has 6 nitrogen and oxygen atoms in total. The molecule has 0 aromatic heterocycles. The molecule has 0 bridgehead atoms. The minimum atomic E-state index is -0.223. The van der Waals surface area contributed by atoms with Crippen LogP contribution in [0.4, 0.5) is 0 Å². The first kappa shape index (κ1) is 16.6. The van der Waals surface area contributed by atoms with Crippen LogP contribution in [0.25, 0.3) is 0 Å². The summed E-state index contributed by atoms with van der Waals surface area (Å²) in [7, 11) is 3.25. The maximum atomic E-state index is 12.9. The molecule has 1 aromatic carbocycles. The van der Waals surface area contributed by atoms with Crippen LogP contribution in [0.5, 0.6) is 11.5 Å². The summed E-state index contributed by atoms with van der Waals surface area (Å²) >= 11 is 5.61. The largest absolute Gasteiger partial charge is 0.493 e. The Balaban J connectivity index is 1.59. The monoisotopic (exact) mass is 362 g/mol. The molecule has 0 N–H and O–H groups in total. The normalized spacial score (nSPS) is 25.2. The number of benzene rings is 1. The zero-order valence-electron chi connectivity index (χ0n) is 14.5. The fraction of sp³-hybridized carbons (Fsp3) is 0.556. The summed E-state index contributed by atoms with van der Waals surface area (Å²) in [4.78, 5) is 16.7. The number of thiocarbonyl (C=S) groups is 1. The van der Waals surface area contributed by atoms with Crippen molar-refractivity contribution in [3.05, 3.63) is 23.3 Å². The van der Waals surface area contributed by atoms with Gasteiger partial charge in [-0.2, -0.15) is 0 Å². The lowest BCUT2D eigenvalue weighted by molar-refractivity contribution is -0.129. The van der Waals surface area contributed by atoms with E-state index in [2.05, 4.69) is 0 Å². The molecule has 3 aliphatic rings. The summed E-state index contributed by atoms with van der Waals surface area (Å²) in [5.74, 6) is 1.48. The summed E-state index contributed by atoms with van der Waals surface area (Å²) in [5.41, 5.74) is 2.25. The van der Waals surface area contributed by atoms with Gasteiger partial charge in [0.25, 0.3) is 5.91 Å². The van der Waals surface area contributed by atoms with Crippen molar-refractivity contribution in [2.75, 3.05) is 27.4 Å². The van der Waals surface area contributed by atoms with E-state index in [4.69, 9.17) is 26.4 Å². The fourth-order valence-electron chi connectivity index (χ4n) is 3.92. The maximum absolute atomic E-state index is 12.9. The molecule has 4 rings (SSSR count). The number of nitrogens with zero attached hydrogens (tertiary/aromatic N) is 2. The Morgan fingerprint density at radius 2 is 1.96 bits per heavy atom. The van der Waals surface area contributed by atoms with E-state index in [9.17, 15) is 4.79 Å². The van der Waals surface area contributed by atoms with Crippen LogP contribution in [0.2, 0.25) is 0 Å². The van der Waals surface area contributed by atoms with E-state index < -0.39 is 0 Å². The molecule has 3 aliphatic heterocycles. The van der Waals surface area contributed by atoms with E-state index in [0.29, 0.717) is 36.1 Å². The van der Waals surface area contributed by atoms with Crippen LogP contribution >= 0.6 is 12.2 Å². The number of amides is 1. The zero-order valence-corrected chi connectivity index (χ0v) is 15.3. The quantitative estimate of drug-likeness (QED) is 0.761. The van der Waals surface area contributed by atoms with Gasteiger partial charge in [0, 0.05) is 19.6 Å². The molecule has 2 saturated heterocycles. The highest BCUT2D eigenvalue weighted by molar-refractivity contribution is 7.80. The number of rotatable bonds is 4. The van der Waals surface area contributed by atoms with E-state index in [-0.39, 0.29) is 18.1 Å². The predicted octanol–water partition coefficient (Wildman–Crippen LogP) is 1.74. The lowest BCUT2D eigenvalue weighted by Gasteiger charge is -2.31. The second-order valence-corrected chi connectivity index (χ2v) is 7.06. The molecule has 134 valence electrons. The summed E-state index contributed by atoms with van der Waals surface area (Å²) in [5, 5.41) is 0.617. The molecule has 1 amide bonds. The highest BCUT2D eigenvalue weighted by atomic mass is 32.1. The third-order valence-electron chi connectivity index (χ3n) is 5.27. The van der Waals surface area contributed by atoms with E-state index >= 15 is 0 Å². The second kappa shape index (κ2) is 6.46. The Labute approximate surface area is 152 Å². The Kier molecular flexibility index (Phi) is 4.29. The summed E-state index contributed by atoms with van der Waals surface area (Å²) in [6.45, 7) is 1.96. The number of ether oxygens (including phenoxy) is 3. The van der Waals surface area contributed by atoms with Crippen LogP contribution in [0.1, 0.15) is 24.0 Å². The third kappa shape index (κ3) is 2.75. The molecule has 3 heterocycles. The number of carbonyl (C=O) groups excluding carboxylic acids is 1. The lowest BCUT2D eigenvalue weighted by atomic mass is 9.94. The SMILES string of the molecule is COc1cc2c(cc1OC)CN1C(=S)N(C[C@H]3CCCO3)C(=O)[C@H]1C2. The Morgan fingerprint density at radius 1 is 1.24 bits per heavy atom. The molecule has 0 spiro atoms. The minimum Gasteiger partial charge on any atom is -0.493 e. The van der Waals surface area contributed by atoms with Gasteiger partial charge in [0.1, 0.15) is 6.04 Å². The fourth-order valence-corrected chi connectivity index (χ4v) is 4.28. The number of carbonyl (C=O) groups is 1. The minimum absolute atomic E-state index is 0.0842. The summed E-state index contributed by atoms with van der Waals surface area (Å²) in [6.07, 6.45) is 2.78. The first-order chi connectivity index (χ1) is 12.1. The average molecular weight is 362 g/mol. The van der Waals surface area contributed by atoms with Crippen LogP contribution in [-0.4, -0.2) is 60.3 Å². The van der Waals surface area contributed by atoms with Gasteiger partial charge >= 0.3 is 0 Å². The molecular formula is C18H22N2O4S. The van der Waals surface area contributed by atoms with E-state index in [1.807, 2.05) is 17.0 Å². The average Bonchev–Trinajstić information content (AvgIpc) is 3.22. The van der Waals surface area contributed by atoms with Gasteiger partial charge in [-0.1, -0.05) is 0 Å². The number of hydrogen-bond acceptors (Lipinski definition) is 5. The van der Waals surface area contributed by atoms with Gasteiger partial charge in [-0.3, -0.25) is 9.69 Å². The molecule has 1 aromatic rings. The number of methoxy groups -OCH3 is 2. The molecule has 0 aliphatic carbocycles. The molecule has 0 unspecified atom stereocenters. The third-order valence-corrected chi connectivity index (χ3v) is 5.73. The van der Waals surface area contributed by atoms with Crippen molar-refractivity contribution in [1.29, 1.82) is 0 Å². The van der Waals surface area contributed by atoms with Gasteiger partial charge in [0.05, 0.1) is 26.9 Å². The van der Waals surface area contributed by atoms with Crippen LogP contribution in [0.3, 0.4) is 0 Å². The highest BCUT2D eigenvalue weighted by Crippen LogP contribution is 2.37. The first-order valence-corrected chi connectivity index (χ1v) is 9.00. The van der Waals surface area contributed by atoms with E-state index in [0.717, 1.165) is 30.6 Å². The van der Waals surface area contributed by atoms with Gasteiger partial charge < -0.3 is 19.1 Å². The molecule has 2 atom stereocenters. The van der Waals surface area contributed by atoms with Gasteiger partial charge in [0.2, 0.25) is 0 Å². The van der Waals surface area contributed by atoms with Gasteiger partial charge in [-0.15, -0.1) is 0 Å². The van der Waals surface area contributed by atoms with Crippen molar-refractivity contribution < 1.29 is 19.0 Å². The van der Waals surface area contributed by atoms with Crippen LogP contribution in [-0.2, 0) is 22.5 Å². The predicted molar refractivity (Wildman–Crippen MR) is 95.9 cm³/mol. The topological polar surface area (TPSA) is 51.2 Å². The van der Waals surface area contributed by atoms with Crippen molar-refractivity contribution in [3.8, 4) is 11.5 Å². The van der Waals surface area contributed by atoms with E-state index in [1.165, 1.54) is 0 Å². The van der Waals surface area contributed by atoms with Gasteiger partial charge in [-0.05, 0) is 48.3 Å². The molecule has 25 heavy (non-hydrogen) atoms. The lowest BCUT2D eigenvalue weighted by Crippen LogP contribution is -2.40. The zero-order chi connectivity index (χ0) is 17.6. The van der Waals surface area contributed by atoms with Gasteiger partial charge in [0.15, 0.2) is 16.6 Å². The maximum Gasteiger partial charge on any atom is 0.251 e. The van der Waals surface area contributed by atoms with Gasteiger partial charge in [-0.25, -0.2) is 0 Å². The summed E-state index contributed by atoms with van der Waals surface area (Å²) < 4.78 is 16.5. The number of hydrogen-bond donors (Lipinski definition) is 0. The molecule has 7 heteroatoms. The van der Waals surface area contributed by atoms with Crippen molar-refractivity contribution in [2.45, 2.75) is 38.0 Å². The molecular weight excluding hydrogens is 340 g/mol. The standard InChI is InChI=1S/C18H22N2O4S/c1-22-15-7-11-6-14-17(21)20(10-13-4-3-5-24-13)18(25)19(14)9-12(11)8-16(15)23-2/h7-8,13-14H,3-6,9-10H2,1-2H3/t13-,14-/m1/s1. The van der Waals surface area contributed by atoms with Crippen LogP contribution < -0.4 is 9.47 Å². The van der Waals surface area contributed by atoms with E-state index in [1.54, 1.807) is 19.1 Å². The van der Waals surface area contributed by atoms with Crippen molar-refractivity contribution in [3.63, 3.8) is 0 Å². The van der Waals surface area contributed by atoms with Crippen molar-refractivity contribution in [1.82, 2.24) is 9.80 Å².